The van der Waals surface area contributed by atoms with Crippen molar-refractivity contribution in [1.82, 2.24) is 9.13 Å². The summed E-state index contributed by atoms with van der Waals surface area (Å²) in [7, 11) is 0. The van der Waals surface area contributed by atoms with E-state index in [0.29, 0.717) is 0 Å². The molecule has 4 nitrogen and oxygen atoms in total. The molecular weight excluding hydrogens is 994 g/mol. The Kier molecular flexibility index (Phi) is 9.94. The van der Waals surface area contributed by atoms with Gasteiger partial charge in [-0.05, 0) is 227 Å². The fourth-order valence-electron chi connectivity index (χ4n) is 16.1. The third-order valence-electron chi connectivity index (χ3n) is 19.0. The summed E-state index contributed by atoms with van der Waals surface area (Å²) >= 11 is 0. The Hall–Kier alpha value is -9.25. The summed E-state index contributed by atoms with van der Waals surface area (Å²) in [6, 6.07) is 69.2. The molecule has 4 aliphatic rings. The number of rotatable bonds is 6. The van der Waals surface area contributed by atoms with Crippen molar-refractivity contribution in [2.75, 3.05) is 0 Å². The van der Waals surface area contributed by atoms with Crippen LogP contribution in [0.25, 0.3) is 88.4 Å². The first-order valence-corrected chi connectivity index (χ1v) is 29.2. The van der Waals surface area contributed by atoms with Gasteiger partial charge in [-0.3, -0.25) is 0 Å². The average molecular weight is 1050 g/mol. The van der Waals surface area contributed by atoms with Crippen molar-refractivity contribution >= 4 is 89.8 Å². The molecule has 0 atom stereocenters. The number of ether oxygens (including phenoxy) is 2. The van der Waals surface area contributed by atoms with Crippen molar-refractivity contribution in [3.05, 3.63) is 238 Å². The van der Waals surface area contributed by atoms with Crippen LogP contribution in [0.1, 0.15) is 55.6 Å². The van der Waals surface area contributed by atoms with Crippen molar-refractivity contribution in [2.24, 2.45) is 0 Å². The van der Waals surface area contributed by atoms with Crippen LogP contribution in [0.4, 0.5) is 0 Å². The van der Waals surface area contributed by atoms with Gasteiger partial charge in [0, 0.05) is 44.0 Å². The molecule has 0 fully saturated rings. The van der Waals surface area contributed by atoms with Gasteiger partial charge in [0.2, 0.25) is 0 Å². The topological polar surface area (TPSA) is 28.3 Å². The maximum atomic E-state index is 7.17. The smallest absolute Gasteiger partial charge is 0.256 e. The van der Waals surface area contributed by atoms with Crippen molar-refractivity contribution in [3.63, 3.8) is 0 Å². The lowest BCUT2D eigenvalue weighted by Crippen LogP contribution is -2.58. The number of benzene rings is 11. The highest BCUT2D eigenvalue weighted by molar-refractivity contribution is 7.00. The fraction of sp³-hybridized carbons (Fsp3) is 0.132. The maximum absolute atomic E-state index is 7.17. The summed E-state index contributed by atoms with van der Waals surface area (Å²) in [5.41, 5.74) is 35.6. The van der Waals surface area contributed by atoms with Crippen LogP contribution in [0.5, 0.6) is 23.0 Å². The summed E-state index contributed by atoms with van der Waals surface area (Å²) in [6.07, 6.45) is 1.85. The van der Waals surface area contributed by atoms with Gasteiger partial charge in [0.05, 0.1) is 11.0 Å². The highest BCUT2D eigenvalue weighted by atomic mass is 16.5. The third-order valence-corrected chi connectivity index (χ3v) is 19.0. The zero-order valence-corrected chi connectivity index (χ0v) is 47.6. The predicted octanol–water partition coefficient (Wildman–Crippen LogP) is 15.0. The van der Waals surface area contributed by atoms with E-state index in [1.54, 1.807) is 0 Å². The number of aryl methyl sites for hydroxylation is 10. The van der Waals surface area contributed by atoms with Crippen LogP contribution >= 0.6 is 0 Å². The molecule has 11 aromatic carbocycles. The molecule has 17 rings (SSSR count). The van der Waals surface area contributed by atoms with Gasteiger partial charge in [-0.2, -0.15) is 0 Å². The molecule has 0 radical (unpaired) electrons. The van der Waals surface area contributed by atoms with E-state index in [2.05, 4.69) is 247 Å². The second kappa shape index (κ2) is 17.1. The molecule has 0 N–H and O–H groups in total. The van der Waals surface area contributed by atoms with Crippen LogP contribution < -0.4 is 42.3 Å². The van der Waals surface area contributed by atoms with Crippen LogP contribution in [-0.2, 0) is 12.8 Å². The van der Waals surface area contributed by atoms with Crippen molar-refractivity contribution < 1.29 is 9.47 Å². The van der Waals surface area contributed by atoms with Gasteiger partial charge >= 0.3 is 0 Å². The van der Waals surface area contributed by atoms with Crippen LogP contribution in [0.2, 0.25) is 0 Å². The second-order valence-electron chi connectivity index (χ2n) is 24.4. The number of hydrogen-bond acceptors (Lipinski definition) is 2. The molecule has 0 aliphatic carbocycles. The highest BCUT2D eigenvalue weighted by Crippen LogP contribution is 2.44. The number of hydrogen-bond donors (Lipinski definition) is 0. The Balaban J connectivity index is 0.732. The van der Waals surface area contributed by atoms with E-state index in [1.807, 2.05) is 0 Å². The maximum Gasteiger partial charge on any atom is 0.256 e. The van der Waals surface area contributed by atoms with E-state index >= 15 is 0 Å². The van der Waals surface area contributed by atoms with E-state index in [9.17, 15) is 0 Å². The van der Waals surface area contributed by atoms with Gasteiger partial charge in [-0.25, -0.2) is 0 Å². The van der Waals surface area contributed by atoms with Gasteiger partial charge in [-0.1, -0.05) is 145 Å². The van der Waals surface area contributed by atoms with Gasteiger partial charge in [-0.15, -0.1) is 0 Å². The Morgan fingerprint density at radius 2 is 0.805 bits per heavy atom. The first kappa shape index (κ1) is 47.5. The molecule has 2 aromatic heterocycles. The molecule has 0 amide bonds. The summed E-state index contributed by atoms with van der Waals surface area (Å²) in [5.74, 6) is 3.76. The molecule has 0 spiro atoms. The first-order valence-electron chi connectivity index (χ1n) is 29.2. The van der Waals surface area contributed by atoms with Crippen LogP contribution in [0.15, 0.2) is 182 Å². The Morgan fingerprint density at radius 3 is 1.39 bits per heavy atom. The molecule has 0 bridgehead atoms. The van der Waals surface area contributed by atoms with Gasteiger partial charge in [0.1, 0.15) is 23.0 Å². The standard InChI is InChI=1S/C76H58B2N2O2/c1-41-29-44(4)71(45(5)30-41)53-39-65-74-69(40-53)82-67-27-25-51(37-60(67)78(74)59-20-14-18-57-55-16-10-12-22-63(55)80(65)76(57)59)70-47(7)35-49(36-48(70)8)23-24-50-32-42(2)31-46(6)72(50)52-26-28-66-61(38-52)77-58-19-13-17-56-54-15-9-11-21-62(54)79(75(56)58)64-33-43(3)34-68(81-66)73(64)77/h9-22,25-40H,23-24H2,1-8H3. The monoisotopic (exact) mass is 1050 g/mol. The zero-order valence-electron chi connectivity index (χ0n) is 47.6. The number of aromatic nitrogens is 2. The molecule has 0 saturated carbocycles. The fourth-order valence-corrected chi connectivity index (χ4v) is 16.1. The van der Waals surface area contributed by atoms with E-state index in [1.165, 1.54) is 177 Å². The predicted molar refractivity (Wildman–Crippen MR) is 346 cm³/mol. The van der Waals surface area contributed by atoms with Crippen molar-refractivity contribution in [3.8, 4) is 67.8 Å². The summed E-state index contributed by atoms with van der Waals surface area (Å²) < 4.78 is 19.1. The SMILES string of the molecule is Cc1cc(C)c(-c2cc3c4c(c2)-n2c5ccccc5c5cccc(c52)B4c2cc(-c4c(C)cc(CCc5cc(C)cc(C)c5-c5ccc6c(c5)B5c7c(cc(C)cc7-n7c8ccccc8c8cccc5c87)O6)cc4C)ccc2O3)c(C)c1. The number of para-hydroxylation sites is 4. The molecule has 82 heavy (non-hydrogen) atoms. The first-order chi connectivity index (χ1) is 39.9. The molecule has 390 valence electrons. The highest BCUT2D eigenvalue weighted by Gasteiger charge is 2.43. The summed E-state index contributed by atoms with van der Waals surface area (Å²) in [5, 5.41) is 5.15. The molecule has 6 heteroatoms. The average Bonchev–Trinajstić information content (AvgIpc) is 4.00. The Morgan fingerprint density at radius 1 is 0.341 bits per heavy atom. The summed E-state index contributed by atoms with van der Waals surface area (Å²) in [4.78, 5) is 0. The normalized spacial score (nSPS) is 13.1. The van der Waals surface area contributed by atoms with Crippen molar-refractivity contribution in [1.29, 1.82) is 0 Å². The lowest BCUT2D eigenvalue weighted by atomic mass is 9.34. The van der Waals surface area contributed by atoms with Gasteiger partial charge < -0.3 is 18.6 Å². The minimum absolute atomic E-state index is 0.000435. The number of nitrogens with zero attached hydrogens (tertiary/aromatic N) is 2. The zero-order chi connectivity index (χ0) is 55.1. The molecular formula is C76H58B2N2O2. The Labute approximate surface area is 479 Å². The lowest BCUT2D eigenvalue weighted by molar-refractivity contribution is 0.487. The van der Waals surface area contributed by atoms with E-state index in [-0.39, 0.29) is 13.4 Å². The third kappa shape index (κ3) is 6.64. The lowest BCUT2D eigenvalue weighted by Gasteiger charge is -2.34. The molecule has 13 aromatic rings. The molecule has 4 aliphatic heterocycles. The van der Waals surface area contributed by atoms with Gasteiger partial charge in [0.15, 0.2) is 0 Å². The van der Waals surface area contributed by atoms with Crippen molar-refractivity contribution in [2.45, 2.75) is 68.2 Å². The minimum Gasteiger partial charge on any atom is -0.458 e. The Bertz CT molecular complexity index is 5010. The minimum atomic E-state index is 0.000435. The second-order valence-corrected chi connectivity index (χ2v) is 24.4. The van der Waals surface area contributed by atoms with Crippen LogP contribution in [-0.4, -0.2) is 22.6 Å². The number of fused-ring (bicyclic) bond motifs is 14. The largest absolute Gasteiger partial charge is 0.458 e. The van der Waals surface area contributed by atoms with E-state index in [0.717, 1.165) is 35.8 Å². The van der Waals surface area contributed by atoms with Crippen LogP contribution in [0.3, 0.4) is 0 Å². The summed E-state index contributed by atoms with van der Waals surface area (Å²) in [6.45, 7) is 18.1. The molecule has 0 unspecified atom stereocenters. The van der Waals surface area contributed by atoms with E-state index < -0.39 is 0 Å². The quantitative estimate of drug-likeness (QED) is 0.155. The molecule has 6 heterocycles. The van der Waals surface area contributed by atoms with Gasteiger partial charge in [0.25, 0.3) is 13.4 Å². The van der Waals surface area contributed by atoms with Crippen LogP contribution in [0, 0.1) is 55.4 Å². The van der Waals surface area contributed by atoms with E-state index in [4.69, 9.17) is 9.47 Å². The molecule has 0 saturated heterocycles.